The van der Waals surface area contributed by atoms with Crippen molar-refractivity contribution in [3.8, 4) is 0 Å². The van der Waals surface area contributed by atoms with Crippen LogP contribution in [0.3, 0.4) is 0 Å². The van der Waals surface area contributed by atoms with Crippen LogP contribution in [0.1, 0.15) is 36.8 Å². The van der Waals surface area contributed by atoms with Crippen LogP contribution in [0, 0.1) is 0 Å². The maximum atomic E-state index is 12.1. The van der Waals surface area contributed by atoms with Gasteiger partial charge >= 0.3 is 0 Å². The number of aryl methyl sites for hydroxylation is 1. The Labute approximate surface area is 90.5 Å². The fraction of sp³-hybridized carbons (Fsp3) is 0.538. The monoisotopic (exact) mass is 207 g/mol. The molecule has 2 heteroatoms. The molecule has 15 heavy (non-hydrogen) atoms. The first kappa shape index (κ1) is 10.6. The minimum atomic E-state index is -0.285. The smallest absolute Gasteiger partial charge is 0.0934 e. The largest absolute Gasteiger partial charge is 0.321 e. The van der Waals surface area contributed by atoms with Gasteiger partial charge in [0.1, 0.15) is 0 Å². The Kier molecular flexibility index (Phi) is 3.06. The van der Waals surface area contributed by atoms with Gasteiger partial charge in [0.15, 0.2) is 0 Å². The highest BCUT2D eigenvalue weighted by Crippen LogP contribution is 2.36. The van der Waals surface area contributed by atoms with Crippen molar-refractivity contribution >= 4 is 0 Å². The summed E-state index contributed by atoms with van der Waals surface area (Å²) in [4.78, 5) is 0. The summed E-state index contributed by atoms with van der Waals surface area (Å²) in [5.74, 6) is 0. The standard InChI is InChI=1S/C13H18FN/c14-10-7-11-3-5-12(6-4-11)13(15)8-1-2-9-13/h3-6H,1-2,7-10,15H2. The average Bonchev–Trinajstić information content (AvgIpc) is 2.68. The molecule has 0 spiro atoms. The van der Waals surface area contributed by atoms with Crippen LogP contribution in [0.2, 0.25) is 0 Å². The molecular formula is C13H18FN. The molecule has 0 radical (unpaired) electrons. The van der Waals surface area contributed by atoms with Gasteiger partial charge in [0, 0.05) is 12.0 Å². The Bertz CT molecular complexity index is 312. The van der Waals surface area contributed by atoms with E-state index in [0.29, 0.717) is 6.42 Å². The lowest BCUT2D eigenvalue weighted by molar-refractivity contribution is 0.461. The zero-order valence-electron chi connectivity index (χ0n) is 9.01. The lowest BCUT2D eigenvalue weighted by Gasteiger charge is -2.24. The first-order valence-corrected chi connectivity index (χ1v) is 5.69. The molecule has 1 aromatic carbocycles. The Morgan fingerprint density at radius 1 is 1.13 bits per heavy atom. The van der Waals surface area contributed by atoms with Crippen molar-refractivity contribution in [3.05, 3.63) is 35.4 Å². The zero-order chi connectivity index (χ0) is 10.7. The molecule has 1 aromatic rings. The topological polar surface area (TPSA) is 26.0 Å². The summed E-state index contributed by atoms with van der Waals surface area (Å²) < 4.78 is 12.1. The molecule has 0 heterocycles. The Balaban J connectivity index is 2.15. The van der Waals surface area contributed by atoms with Gasteiger partial charge in [0.25, 0.3) is 0 Å². The second-order valence-electron chi connectivity index (χ2n) is 4.50. The third-order valence-electron chi connectivity index (χ3n) is 3.41. The molecular weight excluding hydrogens is 189 g/mol. The van der Waals surface area contributed by atoms with E-state index in [0.717, 1.165) is 18.4 Å². The van der Waals surface area contributed by atoms with E-state index in [2.05, 4.69) is 12.1 Å². The molecule has 2 rings (SSSR count). The second-order valence-corrected chi connectivity index (χ2v) is 4.50. The van der Waals surface area contributed by atoms with Gasteiger partial charge in [-0.25, -0.2) is 0 Å². The summed E-state index contributed by atoms with van der Waals surface area (Å²) >= 11 is 0. The third-order valence-corrected chi connectivity index (χ3v) is 3.41. The fourth-order valence-corrected chi connectivity index (χ4v) is 2.41. The van der Waals surface area contributed by atoms with E-state index >= 15 is 0 Å². The predicted octanol–water partition coefficient (Wildman–Crippen LogP) is 2.93. The quantitative estimate of drug-likeness (QED) is 0.810. The fourth-order valence-electron chi connectivity index (χ4n) is 2.41. The maximum absolute atomic E-state index is 12.1. The molecule has 0 amide bonds. The molecule has 1 fully saturated rings. The van der Waals surface area contributed by atoms with Crippen LogP contribution in [0.5, 0.6) is 0 Å². The van der Waals surface area contributed by atoms with Crippen LogP contribution < -0.4 is 5.73 Å². The van der Waals surface area contributed by atoms with Crippen molar-refractivity contribution in [1.29, 1.82) is 0 Å². The number of nitrogens with two attached hydrogens (primary N) is 1. The molecule has 0 atom stereocenters. The molecule has 0 unspecified atom stereocenters. The highest BCUT2D eigenvalue weighted by molar-refractivity contribution is 5.29. The summed E-state index contributed by atoms with van der Waals surface area (Å²) in [5, 5.41) is 0. The average molecular weight is 207 g/mol. The van der Waals surface area contributed by atoms with Crippen LogP contribution in [0.4, 0.5) is 4.39 Å². The van der Waals surface area contributed by atoms with Gasteiger partial charge in [-0.15, -0.1) is 0 Å². The highest BCUT2D eigenvalue weighted by Gasteiger charge is 2.30. The van der Waals surface area contributed by atoms with Crippen molar-refractivity contribution in [2.75, 3.05) is 6.67 Å². The number of rotatable bonds is 3. The van der Waals surface area contributed by atoms with Gasteiger partial charge in [0.05, 0.1) is 6.67 Å². The first-order valence-electron chi connectivity index (χ1n) is 5.69. The maximum Gasteiger partial charge on any atom is 0.0934 e. The summed E-state index contributed by atoms with van der Waals surface area (Å²) in [5.41, 5.74) is 8.48. The molecule has 0 saturated heterocycles. The molecule has 1 aliphatic rings. The minimum absolute atomic E-state index is 0.117. The van der Waals surface area contributed by atoms with Crippen molar-refractivity contribution in [2.45, 2.75) is 37.6 Å². The highest BCUT2D eigenvalue weighted by atomic mass is 19.1. The van der Waals surface area contributed by atoms with Crippen LogP contribution in [0.15, 0.2) is 24.3 Å². The minimum Gasteiger partial charge on any atom is -0.321 e. The Morgan fingerprint density at radius 2 is 1.73 bits per heavy atom. The second kappa shape index (κ2) is 4.31. The number of alkyl halides is 1. The van der Waals surface area contributed by atoms with E-state index in [-0.39, 0.29) is 12.2 Å². The zero-order valence-corrected chi connectivity index (χ0v) is 9.01. The first-order chi connectivity index (χ1) is 7.24. The molecule has 0 aliphatic heterocycles. The Hall–Kier alpha value is -0.890. The van der Waals surface area contributed by atoms with Gasteiger partial charge in [-0.2, -0.15) is 0 Å². The Morgan fingerprint density at radius 3 is 2.27 bits per heavy atom. The molecule has 0 aromatic heterocycles. The van der Waals surface area contributed by atoms with Gasteiger partial charge in [-0.1, -0.05) is 37.1 Å². The molecule has 82 valence electrons. The third kappa shape index (κ3) is 2.20. The van der Waals surface area contributed by atoms with Gasteiger partial charge in [-0.3, -0.25) is 4.39 Å². The van der Waals surface area contributed by atoms with Crippen molar-refractivity contribution < 1.29 is 4.39 Å². The number of hydrogen-bond donors (Lipinski definition) is 1. The molecule has 0 bridgehead atoms. The molecule has 1 saturated carbocycles. The lowest BCUT2D eigenvalue weighted by Crippen LogP contribution is -2.32. The van der Waals surface area contributed by atoms with E-state index in [1.807, 2.05) is 12.1 Å². The molecule has 1 nitrogen and oxygen atoms in total. The summed E-state index contributed by atoms with van der Waals surface area (Å²) in [6.07, 6.45) is 5.12. The normalized spacial score (nSPS) is 19.3. The van der Waals surface area contributed by atoms with E-state index < -0.39 is 0 Å². The lowest BCUT2D eigenvalue weighted by atomic mass is 9.89. The predicted molar refractivity (Wildman–Crippen MR) is 60.5 cm³/mol. The van der Waals surface area contributed by atoms with Gasteiger partial charge in [0.2, 0.25) is 0 Å². The van der Waals surface area contributed by atoms with Crippen molar-refractivity contribution in [1.82, 2.24) is 0 Å². The van der Waals surface area contributed by atoms with Gasteiger partial charge in [-0.05, 0) is 24.0 Å². The molecule has 1 aliphatic carbocycles. The summed E-state index contributed by atoms with van der Waals surface area (Å²) in [6.45, 7) is -0.285. The number of halogens is 1. The van der Waals surface area contributed by atoms with Crippen LogP contribution in [-0.4, -0.2) is 6.67 Å². The SMILES string of the molecule is NC1(c2ccc(CCF)cc2)CCCC1. The summed E-state index contributed by atoms with van der Waals surface area (Å²) in [7, 11) is 0. The van der Waals surface area contributed by atoms with E-state index in [9.17, 15) is 4.39 Å². The summed E-state index contributed by atoms with van der Waals surface area (Å²) in [6, 6.07) is 8.14. The number of hydrogen-bond acceptors (Lipinski definition) is 1. The number of benzene rings is 1. The van der Waals surface area contributed by atoms with Crippen molar-refractivity contribution in [3.63, 3.8) is 0 Å². The van der Waals surface area contributed by atoms with E-state index in [1.165, 1.54) is 18.4 Å². The van der Waals surface area contributed by atoms with Crippen molar-refractivity contribution in [2.24, 2.45) is 5.73 Å². The van der Waals surface area contributed by atoms with Crippen LogP contribution in [0.25, 0.3) is 0 Å². The van der Waals surface area contributed by atoms with Crippen LogP contribution >= 0.6 is 0 Å². The van der Waals surface area contributed by atoms with Crippen LogP contribution in [-0.2, 0) is 12.0 Å². The van der Waals surface area contributed by atoms with E-state index in [1.54, 1.807) is 0 Å². The van der Waals surface area contributed by atoms with E-state index in [4.69, 9.17) is 5.73 Å². The molecule has 2 N–H and O–H groups in total. The van der Waals surface area contributed by atoms with Gasteiger partial charge < -0.3 is 5.73 Å².